The Hall–Kier alpha value is -2.17. The van der Waals surface area contributed by atoms with Crippen LogP contribution >= 0.6 is 0 Å². The summed E-state index contributed by atoms with van der Waals surface area (Å²) in [7, 11) is 0. The Balaban J connectivity index is 1.34. The van der Waals surface area contributed by atoms with E-state index in [2.05, 4.69) is 15.7 Å². The van der Waals surface area contributed by atoms with Crippen LogP contribution in [0.4, 0.5) is 0 Å². The Morgan fingerprint density at radius 1 is 1.08 bits per heavy atom. The highest BCUT2D eigenvalue weighted by atomic mass is 16.2. The van der Waals surface area contributed by atoms with Gasteiger partial charge in [-0.25, -0.2) is 4.98 Å². The number of nitrogens with zero attached hydrogens (tertiary/aromatic N) is 4. The molecule has 0 N–H and O–H groups in total. The van der Waals surface area contributed by atoms with Gasteiger partial charge < -0.3 is 9.47 Å². The number of hydrogen-bond acceptors (Lipinski definition) is 3. The molecule has 1 saturated heterocycles. The first-order valence-electron chi connectivity index (χ1n) is 9.02. The minimum absolute atomic E-state index is 0.132. The van der Waals surface area contributed by atoms with Gasteiger partial charge in [0.25, 0.3) is 5.91 Å². The van der Waals surface area contributed by atoms with Crippen LogP contribution in [-0.4, -0.2) is 38.4 Å². The zero-order valence-corrected chi connectivity index (χ0v) is 13.8. The lowest BCUT2D eigenvalue weighted by atomic mass is 9.76. The SMILES string of the molecule is O=C(c1ccncc1)N1CCC2(CC1)CCn1c(C3CC3)cnc12. The summed E-state index contributed by atoms with van der Waals surface area (Å²) in [6.07, 6.45) is 11.4. The molecular weight excluding hydrogens is 300 g/mol. The predicted octanol–water partition coefficient (Wildman–Crippen LogP) is 2.73. The summed E-state index contributed by atoms with van der Waals surface area (Å²) >= 11 is 0. The molecule has 2 aromatic heterocycles. The van der Waals surface area contributed by atoms with Crippen LogP contribution in [0.3, 0.4) is 0 Å². The number of rotatable bonds is 2. The fourth-order valence-electron chi connectivity index (χ4n) is 4.48. The summed E-state index contributed by atoms with van der Waals surface area (Å²) in [4.78, 5) is 23.4. The van der Waals surface area contributed by atoms with Crippen LogP contribution < -0.4 is 0 Å². The summed E-state index contributed by atoms with van der Waals surface area (Å²) in [5.41, 5.74) is 2.39. The molecule has 2 fully saturated rings. The van der Waals surface area contributed by atoms with Crippen LogP contribution in [0.2, 0.25) is 0 Å². The maximum absolute atomic E-state index is 12.6. The number of imidazole rings is 1. The highest BCUT2D eigenvalue weighted by molar-refractivity contribution is 5.94. The Morgan fingerprint density at radius 2 is 1.79 bits per heavy atom. The molecule has 2 aromatic rings. The van der Waals surface area contributed by atoms with Gasteiger partial charge in [0.15, 0.2) is 0 Å². The van der Waals surface area contributed by atoms with Crippen LogP contribution in [0, 0.1) is 0 Å². The quantitative estimate of drug-likeness (QED) is 0.854. The number of piperidine rings is 1. The van der Waals surface area contributed by atoms with Crippen molar-refractivity contribution in [3.8, 4) is 0 Å². The number of fused-ring (bicyclic) bond motifs is 2. The molecule has 0 aromatic carbocycles. The normalized spacial score (nSPS) is 21.9. The second kappa shape index (κ2) is 5.16. The van der Waals surface area contributed by atoms with Gasteiger partial charge in [-0.05, 0) is 44.2 Å². The smallest absolute Gasteiger partial charge is 0.253 e. The van der Waals surface area contributed by atoms with Gasteiger partial charge in [-0.15, -0.1) is 0 Å². The van der Waals surface area contributed by atoms with Crippen molar-refractivity contribution >= 4 is 5.91 Å². The molecule has 1 saturated carbocycles. The van der Waals surface area contributed by atoms with Gasteiger partial charge in [-0.3, -0.25) is 9.78 Å². The molecule has 124 valence electrons. The average Bonchev–Trinajstić information content (AvgIpc) is 3.30. The Morgan fingerprint density at radius 3 is 2.50 bits per heavy atom. The molecule has 5 heteroatoms. The highest BCUT2D eigenvalue weighted by Crippen LogP contribution is 2.47. The van der Waals surface area contributed by atoms with Gasteiger partial charge in [0.2, 0.25) is 0 Å². The van der Waals surface area contributed by atoms with Crippen LogP contribution in [0.15, 0.2) is 30.7 Å². The topological polar surface area (TPSA) is 51.0 Å². The lowest BCUT2D eigenvalue weighted by molar-refractivity contribution is 0.0663. The van der Waals surface area contributed by atoms with Crippen molar-refractivity contribution in [2.45, 2.75) is 50.0 Å². The third-order valence-corrected chi connectivity index (χ3v) is 6.11. The zero-order valence-electron chi connectivity index (χ0n) is 13.8. The van der Waals surface area contributed by atoms with E-state index in [-0.39, 0.29) is 11.3 Å². The maximum Gasteiger partial charge on any atom is 0.253 e. The van der Waals surface area contributed by atoms with E-state index in [9.17, 15) is 4.79 Å². The number of likely N-dealkylation sites (tertiary alicyclic amines) is 1. The minimum atomic E-state index is 0.132. The number of aromatic nitrogens is 3. The van der Waals surface area contributed by atoms with Crippen LogP contribution in [-0.2, 0) is 12.0 Å². The summed E-state index contributed by atoms with van der Waals surface area (Å²) in [5.74, 6) is 2.18. The maximum atomic E-state index is 12.6. The fourth-order valence-corrected chi connectivity index (χ4v) is 4.48. The second-order valence-electron chi connectivity index (χ2n) is 7.49. The lowest BCUT2D eigenvalue weighted by Crippen LogP contribution is -2.44. The number of pyridine rings is 1. The van der Waals surface area contributed by atoms with Gasteiger partial charge >= 0.3 is 0 Å². The Kier molecular flexibility index (Phi) is 3.05. The molecule has 0 bridgehead atoms. The van der Waals surface area contributed by atoms with Crippen LogP contribution in [0.25, 0.3) is 0 Å². The molecule has 1 amide bonds. The minimum Gasteiger partial charge on any atom is -0.339 e. The molecule has 0 unspecified atom stereocenters. The van der Waals surface area contributed by atoms with Crippen molar-refractivity contribution in [3.63, 3.8) is 0 Å². The highest BCUT2D eigenvalue weighted by Gasteiger charge is 2.45. The van der Waals surface area contributed by atoms with Crippen molar-refractivity contribution in [1.82, 2.24) is 19.4 Å². The van der Waals surface area contributed by atoms with E-state index >= 15 is 0 Å². The predicted molar refractivity (Wildman–Crippen MR) is 89.9 cm³/mol. The van der Waals surface area contributed by atoms with Gasteiger partial charge in [-0.2, -0.15) is 0 Å². The molecule has 0 atom stereocenters. The third-order valence-electron chi connectivity index (χ3n) is 6.11. The van der Waals surface area contributed by atoms with Crippen molar-refractivity contribution in [2.75, 3.05) is 13.1 Å². The molecule has 5 nitrogen and oxygen atoms in total. The lowest BCUT2D eigenvalue weighted by Gasteiger charge is -2.38. The molecule has 3 aliphatic rings. The molecule has 1 spiro atoms. The largest absolute Gasteiger partial charge is 0.339 e. The van der Waals surface area contributed by atoms with E-state index in [1.807, 2.05) is 4.90 Å². The first-order valence-corrected chi connectivity index (χ1v) is 9.02. The molecule has 2 aliphatic heterocycles. The van der Waals surface area contributed by atoms with E-state index in [1.54, 1.807) is 24.5 Å². The zero-order chi connectivity index (χ0) is 16.1. The Bertz CT molecular complexity index is 770. The van der Waals surface area contributed by atoms with E-state index < -0.39 is 0 Å². The van der Waals surface area contributed by atoms with Gasteiger partial charge in [0.05, 0.1) is 0 Å². The fraction of sp³-hybridized carbons (Fsp3) is 0.526. The van der Waals surface area contributed by atoms with E-state index in [1.165, 1.54) is 30.8 Å². The molecule has 0 radical (unpaired) electrons. The van der Waals surface area contributed by atoms with Gasteiger partial charge in [0, 0.05) is 60.8 Å². The molecular formula is C19H22N4O. The molecule has 24 heavy (non-hydrogen) atoms. The van der Waals surface area contributed by atoms with Crippen molar-refractivity contribution < 1.29 is 4.79 Å². The summed E-state index contributed by atoms with van der Waals surface area (Å²) in [6.45, 7) is 2.76. The summed E-state index contributed by atoms with van der Waals surface area (Å²) in [6, 6.07) is 3.60. The summed E-state index contributed by atoms with van der Waals surface area (Å²) in [5, 5.41) is 0. The first-order chi connectivity index (χ1) is 11.8. The average molecular weight is 322 g/mol. The standard InChI is InChI=1S/C19H22N4O/c24-17(15-3-8-20-9-4-15)22-10-5-19(6-11-22)7-12-23-16(14-1-2-14)13-21-18(19)23/h3-4,8-9,13-14H,1-2,5-7,10-12H2. The number of carbonyl (C=O) groups excluding carboxylic acids is 1. The number of amides is 1. The molecule has 1 aliphatic carbocycles. The van der Waals surface area contributed by atoms with Crippen molar-refractivity contribution in [3.05, 3.63) is 47.8 Å². The Labute approximate surface area is 141 Å². The monoisotopic (exact) mass is 322 g/mol. The van der Waals surface area contributed by atoms with E-state index in [0.29, 0.717) is 0 Å². The van der Waals surface area contributed by atoms with Gasteiger partial charge in [-0.1, -0.05) is 0 Å². The number of hydrogen-bond donors (Lipinski definition) is 0. The van der Waals surface area contributed by atoms with Crippen LogP contribution in [0.5, 0.6) is 0 Å². The van der Waals surface area contributed by atoms with Gasteiger partial charge in [0.1, 0.15) is 5.82 Å². The van der Waals surface area contributed by atoms with Crippen molar-refractivity contribution in [2.24, 2.45) is 0 Å². The summed E-state index contributed by atoms with van der Waals surface area (Å²) < 4.78 is 2.48. The van der Waals surface area contributed by atoms with Crippen LogP contribution in [0.1, 0.15) is 59.9 Å². The first kappa shape index (κ1) is 14.2. The van der Waals surface area contributed by atoms with E-state index in [4.69, 9.17) is 4.98 Å². The molecule has 4 heterocycles. The third kappa shape index (κ3) is 2.10. The van der Waals surface area contributed by atoms with E-state index in [0.717, 1.165) is 44.0 Å². The number of carbonyl (C=O) groups is 1. The van der Waals surface area contributed by atoms with Crippen molar-refractivity contribution in [1.29, 1.82) is 0 Å². The molecule has 5 rings (SSSR count). The second-order valence-corrected chi connectivity index (χ2v) is 7.49.